The fourth-order valence-electron chi connectivity index (χ4n) is 7.35. The average Bonchev–Trinajstić information content (AvgIpc) is 3.21. The van der Waals surface area contributed by atoms with E-state index in [2.05, 4.69) is 74.0 Å². The van der Waals surface area contributed by atoms with E-state index in [-0.39, 0.29) is 30.4 Å². The third kappa shape index (κ3) is 11.9. The van der Waals surface area contributed by atoms with Gasteiger partial charge >= 0.3 is 0 Å². The molecule has 0 saturated carbocycles. The summed E-state index contributed by atoms with van der Waals surface area (Å²) in [7, 11) is 0. The highest BCUT2D eigenvalue weighted by molar-refractivity contribution is 5.89. The zero-order valence-corrected chi connectivity index (χ0v) is 31.1. The number of ether oxygens (including phenoxy) is 1. The van der Waals surface area contributed by atoms with E-state index >= 15 is 0 Å². The predicted molar refractivity (Wildman–Crippen MR) is 213 cm³/mol. The van der Waals surface area contributed by atoms with Crippen molar-refractivity contribution in [2.75, 3.05) is 26.2 Å². The monoisotopic (exact) mass is 727 g/mol. The molecule has 0 aliphatic carbocycles. The van der Waals surface area contributed by atoms with E-state index in [9.17, 15) is 14.7 Å². The van der Waals surface area contributed by atoms with E-state index in [0.29, 0.717) is 44.6 Å². The molecule has 5 aromatic rings. The summed E-state index contributed by atoms with van der Waals surface area (Å²) in [4.78, 5) is 38.6. The minimum absolute atomic E-state index is 0.00542. The topological polar surface area (TPSA) is 117 Å². The van der Waals surface area contributed by atoms with E-state index in [1.165, 1.54) is 11.1 Å². The lowest BCUT2D eigenvalue weighted by atomic mass is 9.94. The van der Waals surface area contributed by atoms with Crippen molar-refractivity contribution >= 4 is 22.7 Å². The van der Waals surface area contributed by atoms with Gasteiger partial charge in [-0.15, -0.1) is 0 Å². The van der Waals surface area contributed by atoms with Gasteiger partial charge in [-0.3, -0.25) is 19.6 Å². The second kappa shape index (κ2) is 20.4. The summed E-state index contributed by atoms with van der Waals surface area (Å²) >= 11 is 0. The van der Waals surface area contributed by atoms with Gasteiger partial charge in [0.05, 0.1) is 5.52 Å². The van der Waals surface area contributed by atoms with Crippen LogP contribution < -0.4 is 15.4 Å². The lowest BCUT2D eigenvalue weighted by Gasteiger charge is -2.33. The van der Waals surface area contributed by atoms with Crippen molar-refractivity contribution in [3.63, 3.8) is 0 Å². The van der Waals surface area contributed by atoms with Crippen LogP contribution in [-0.2, 0) is 28.9 Å². The van der Waals surface area contributed by atoms with Crippen LogP contribution in [0.2, 0.25) is 0 Å². The minimum atomic E-state index is -0.714. The van der Waals surface area contributed by atoms with Crippen LogP contribution in [0.1, 0.15) is 55.2 Å². The number of amides is 2. The number of aliphatic hydroxyl groups excluding tert-OH is 1. The lowest BCUT2D eigenvalue weighted by Crippen LogP contribution is -2.53. The summed E-state index contributed by atoms with van der Waals surface area (Å²) in [5.74, 6) is 0.233. The zero-order valence-electron chi connectivity index (χ0n) is 31.1. The number of fused-ring (bicyclic) bond motifs is 1. The van der Waals surface area contributed by atoms with Gasteiger partial charge in [0.1, 0.15) is 24.5 Å². The minimum Gasteiger partial charge on any atom is -0.490 e. The molecule has 54 heavy (non-hydrogen) atoms. The number of carbonyl (C=O) groups is 2. The summed E-state index contributed by atoms with van der Waals surface area (Å²) in [5, 5.41) is 18.2. The van der Waals surface area contributed by atoms with Crippen molar-refractivity contribution in [3.05, 3.63) is 138 Å². The molecule has 1 aliphatic rings. The normalized spacial score (nSPS) is 14.8. The van der Waals surface area contributed by atoms with Crippen LogP contribution in [-0.4, -0.2) is 76.2 Å². The molecule has 2 aromatic heterocycles. The van der Waals surface area contributed by atoms with E-state index in [1.54, 1.807) is 18.6 Å². The van der Waals surface area contributed by atoms with Crippen molar-refractivity contribution in [3.8, 4) is 5.75 Å². The fraction of sp³-hybridized carbons (Fsp3) is 0.378. The maximum absolute atomic E-state index is 14.1. The summed E-state index contributed by atoms with van der Waals surface area (Å²) in [6.45, 7) is 1.98. The maximum Gasteiger partial charge on any atom is 0.243 e. The number of benzene rings is 3. The van der Waals surface area contributed by atoms with E-state index in [1.807, 2.05) is 54.6 Å². The Hall–Kier alpha value is -5.12. The predicted octanol–water partition coefficient (Wildman–Crippen LogP) is 6.34. The van der Waals surface area contributed by atoms with E-state index in [0.717, 1.165) is 55.0 Å². The summed E-state index contributed by atoms with van der Waals surface area (Å²) in [5.41, 5.74) is 4.33. The van der Waals surface area contributed by atoms with Gasteiger partial charge in [0, 0.05) is 48.9 Å². The first-order chi connectivity index (χ1) is 26.5. The number of carbonyl (C=O) groups excluding carboxylic acids is 2. The number of piperidine rings is 1. The zero-order chi connectivity index (χ0) is 37.4. The van der Waals surface area contributed by atoms with Gasteiger partial charge in [0.25, 0.3) is 0 Å². The first kappa shape index (κ1) is 38.6. The van der Waals surface area contributed by atoms with Crippen molar-refractivity contribution in [2.24, 2.45) is 5.92 Å². The van der Waals surface area contributed by atoms with Gasteiger partial charge in [0.2, 0.25) is 11.8 Å². The molecule has 0 radical (unpaired) electrons. The van der Waals surface area contributed by atoms with Crippen LogP contribution in [0.3, 0.4) is 0 Å². The Kier molecular flexibility index (Phi) is 14.6. The molecule has 3 N–H and O–H groups in total. The number of rotatable bonds is 19. The number of aliphatic hydroxyl groups is 1. The van der Waals surface area contributed by atoms with Gasteiger partial charge in [0.15, 0.2) is 0 Å². The number of aryl methyl sites for hydroxylation is 2. The molecule has 1 fully saturated rings. The molecule has 1 aliphatic heterocycles. The van der Waals surface area contributed by atoms with Gasteiger partial charge in [-0.1, -0.05) is 72.8 Å². The second-order valence-electron chi connectivity index (χ2n) is 14.5. The van der Waals surface area contributed by atoms with Crippen molar-refractivity contribution in [1.29, 1.82) is 0 Å². The molecule has 0 bridgehead atoms. The second-order valence-corrected chi connectivity index (χ2v) is 14.5. The molecule has 9 heteroatoms. The Balaban J connectivity index is 1.02. The number of hydrogen-bond acceptors (Lipinski definition) is 7. The van der Waals surface area contributed by atoms with Crippen LogP contribution >= 0.6 is 0 Å². The van der Waals surface area contributed by atoms with Crippen LogP contribution in [0, 0.1) is 5.92 Å². The number of pyridine rings is 2. The molecule has 6 rings (SSSR count). The SMILES string of the molecule is O=C(NC(Cc1cccnc1)C(=O)NC(CCCc1ccccc1)CCCc1ccccc1)C1CCN(CC(O)COc2cccc3ncccc23)CC1. The molecule has 1 saturated heterocycles. The molecule has 2 unspecified atom stereocenters. The van der Waals surface area contributed by atoms with Crippen molar-refractivity contribution in [2.45, 2.75) is 76.0 Å². The van der Waals surface area contributed by atoms with Crippen LogP contribution in [0.5, 0.6) is 5.75 Å². The third-order valence-corrected chi connectivity index (χ3v) is 10.3. The Labute approximate surface area is 319 Å². The number of nitrogens with zero attached hydrogens (tertiary/aromatic N) is 3. The maximum atomic E-state index is 14.1. The molecule has 2 amide bonds. The van der Waals surface area contributed by atoms with Gasteiger partial charge < -0.3 is 25.4 Å². The molecular formula is C45H53N5O4. The smallest absolute Gasteiger partial charge is 0.243 e. The Morgan fingerprint density at radius 2 is 1.44 bits per heavy atom. The highest BCUT2D eigenvalue weighted by Crippen LogP contribution is 2.24. The van der Waals surface area contributed by atoms with Gasteiger partial charge in [-0.2, -0.15) is 0 Å². The van der Waals surface area contributed by atoms with Crippen molar-refractivity contribution in [1.82, 2.24) is 25.5 Å². The van der Waals surface area contributed by atoms with E-state index in [4.69, 9.17) is 4.74 Å². The lowest BCUT2D eigenvalue weighted by molar-refractivity contribution is -0.132. The highest BCUT2D eigenvalue weighted by atomic mass is 16.5. The van der Waals surface area contributed by atoms with Crippen LogP contribution in [0.25, 0.3) is 10.9 Å². The number of aromatic nitrogens is 2. The Morgan fingerprint density at radius 3 is 2.11 bits per heavy atom. The molecule has 3 aromatic carbocycles. The molecular weight excluding hydrogens is 675 g/mol. The number of nitrogens with one attached hydrogen (secondary N) is 2. The largest absolute Gasteiger partial charge is 0.490 e. The standard InChI is InChI=1S/C45H53N5O4/c51-39(33-54-43-23-9-22-41-40(43)21-11-27-47-41)32-50-28-24-37(25-29-50)44(52)49-42(30-36-18-10-26-46-31-36)45(53)48-38(19-7-16-34-12-3-1-4-13-34)20-8-17-35-14-5-2-6-15-35/h1-6,9-15,18,21-23,26-27,31,37-39,42,51H,7-8,16-17,19-20,24-25,28-30,32-33H2,(H,48,53)(H,49,52). The molecule has 282 valence electrons. The Morgan fingerprint density at radius 1 is 0.778 bits per heavy atom. The van der Waals surface area contributed by atoms with Gasteiger partial charge in [-0.05, 0) is 111 Å². The Bertz CT molecular complexity index is 1820. The van der Waals surface area contributed by atoms with Crippen molar-refractivity contribution < 1.29 is 19.4 Å². The fourth-order valence-corrected chi connectivity index (χ4v) is 7.35. The number of hydrogen-bond donors (Lipinski definition) is 3. The summed E-state index contributed by atoms with van der Waals surface area (Å²) < 4.78 is 5.98. The van der Waals surface area contributed by atoms with Crippen LogP contribution in [0.4, 0.5) is 0 Å². The third-order valence-electron chi connectivity index (χ3n) is 10.3. The van der Waals surface area contributed by atoms with E-state index < -0.39 is 12.1 Å². The summed E-state index contributed by atoms with van der Waals surface area (Å²) in [6, 6.07) is 33.6. The first-order valence-electron chi connectivity index (χ1n) is 19.4. The molecule has 9 nitrogen and oxygen atoms in total. The quantitative estimate of drug-likeness (QED) is 0.0910. The molecule has 2 atom stereocenters. The first-order valence-corrected chi connectivity index (χ1v) is 19.4. The summed E-state index contributed by atoms with van der Waals surface area (Å²) in [6.07, 6.45) is 11.7. The molecule has 3 heterocycles. The van der Waals surface area contributed by atoms with Crippen LogP contribution in [0.15, 0.2) is 122 Å². The van der Waals surface area contributed by atoms with Gasteiger partial charge in [-0.25, -0.2) is 0 Å². The highest BCUT2D eigenvalue weighted by Gasteiger charge is 2.30. The number of β-amino-alcohol motifs (C(OH)–C–C–N with tert-alkyl or cyclic N) is 1. The number of likely N-dealkylation sites (tertiary alicyclic amines) is 1. The average molecular weight is 728 g/mol. The molecule has 0 spiro atoms.